The molecule has 0 atom stereocenters. The molecule has 0 saturated heterocycles. The highest BCUT2D eigenvalue weighted by molar-refractivity contribution is 5.94. The Morgan fingerprint density at radius 2 is 1.15 bits per heavy atom. The van der Waals surface area contributed by atoms with Crippen LogP contribution in [0, 0.1) is 11.6 Å². The topological polar surface area (TPSA) is 117 Å². The van der Waals surface area contributed by atoms with Crippen molar-refractivity contribution in [2.45, 2.75) is 40.0 Å². The van der Waals surface area contributed by atoms with Gasteiger partial charge >= 0.3 is 5.97 Å². The van der Waals surface area contributed by atoms with E-state index in [1.165, 1.54) is 31.4 Å². The minimum atomic E-state index is -0.404. The maximum atomic E-state index is 13.1. The van der Waals surface area contributed by atoms with Gasteiger partial charge in [-0.3, -0.25) is 9.63 Å². The second-order valence-corrected chi connectivity index (χ2v) is 11.2. The molecule has 52 heavy (non-hydrogen) atoms. The highest BCUT2D eigenvalue weighted by Crippen LogP contribution is 2.18. The largest absolute Gasteiger partial charge is 0.462 e. The summed E-state index contributed by atoms with van der Waals surface area (Å²) in [6.07, 6.45) is 8.98. The van der Waals surface area contributed by atoms with Gasteiger partial charge in [-0.2, -0.15) is 10.2 Å². The summed E-state index contributed by atoms with van der Waals surface area (Å²) in [6.45, 7) is 2.06. The lowest BCUT2D eigenvalue weighted by Gasteiger charge is -2.13. The molecule has 2 aromatic carbocycles. The molecule has 6 aromatic rings. The molecule has 0 aliphatic carbocycles. The van der Waals surface area contributed by atoms with E-state index in [0.29, 0.717) is 66.4 Å². The summed E-state index contributed by atoms with van der Waals surface area (Å²) in [5.41, 5.74) is 4.08. The van der Waals surface area contributed by atoms with E-state index >= 15 is 0 Å². The first-order chi connectivity index (χ1) is 24.7. The summed E-state index contributed by atoms with van der Waals surface area (Å²) >= 11 is 0. The SMILES string of the molecule is C.CCOC(=O)c1cn(-c2ccccn2)nc1CCc1ccc(F)cc1.CON(C)C(=O)c1cn(-c2ccccn2)nc1CCc1ccc(F)cc1. The minimum absolute atomic E-state index is 0. The number of carbonyl (C=O) groups is 2. The number of rotatable bonds is 12. The maximum absolute atomic E-state index is 13.1. The number of halogens is 2. The lowest BCUT2D eigenvalue weighted by molar-refractivity contribution is -0.0757. The predicted octanol–water partition coefficient (Wildman–Crippen LogP) is 6.83. The third-order valence-corrected chi connectivity index (χ3v) is 7.76. The van der Waals surface area contributed by atoms with Crippen molar-refractivity contribution in [3.63, 3.8) is 0 Å². The third-order valence-electron chi connectivity index (χ3n) is 7.76. The van der Waals surface area contributed by atoms with Crippen LogP contribution in [-0.2, 0) is 35.3 Å². The van der Waals surface area contributed by atoms with Crippen LogP contribution in [0.1, 0.15) is 57.6 Å². The zero-order valence-corrected chi connectivity index (χ0v) is 28.4. The van der Waals surface area contributed by atoms with Crippen LogP contribution in [0.2, 0.25) is 0 Å². The number of ether oxygens (including phenoxy) is 1. The van der Waals surface area contributed by atoms with Gasteiger partial charge in [-0.05, 0) is 92.3 Å². The van der Waals surface area contributed by atoms with Crippen molar-refractivity contribution in [1.29, 1.82) is 0 Å². The van der Waals surface area contributed by atoms with Gasteiger partial charge in [0.25, 0.3) is 5.91 Å². The Kier molecular flexibility index (Phi) is 14.0. The predicted molar refractivity (Wildman–Crippen MR) is 192 cm³/mol. The molecule has 0 spiro atoms. The number of amides is 1. The van der Waals surface area contributed by atoms with Gasteiger partial charge < -0.3 is 4.74 Å². The van der Waals surface area contributed by atoms with Crippen LogP contribution in [0.15, 0.2) is 110 Å². The number of aryl methyl sites for hydroxylation is 4. The molecule has 1 amide bonds. The number of hydroxylamine groups is 2. The quantitative estimate of drug-likeness (QED) is 0.100. The fourth-order valence-corrected chi connectivity index (χ4v) is 5.04. The van der Waals surface area contributed by atoms with E-state index in [1.54, 1.807) is 72.4 Å². The molecule has 0 N–H and O–H groups in total. The number of esters is 1. The molecule has 13 heteroatoms. The number of benzene rings is 2. The highest BCUT2D eigenvalue weighted by Gasteiger charge is 2.21. The van der Waals surface area contributed by atoms with Gasteiger partial charge in [0, 0.05) is 31.8 Å². The van der Waals surface area contributed by atoms with E-state index in [1.807, 2.05) is 36.4 Å². The standard InChI is InChI=1S/C19H19FN4O2.C19H18FN3O2.CH4/c1-23(26-2)19(25)16-13-24(18-5-3-4-12-21-18)22-17(16)11-8-14-6-9-15(20)10-7-14;1-2-25-19(24)16-13-23(18-5-3-4-12-21-18)22-17(16)11-8-14-6-9-15(20)10-7-14;/h3-7,9-10,12-13H,8,11H2,1-2H3;3-7,9-10,12-13H,2,8,11H2,1H3;1H4. The van der Waals surface area contributed by atoms with E-state index < -0.39 is 5.97 Å². The molecule has 11 nitrogen and oxygen atoms in total. The number of hydrogen-bond donors (Lipinski definition) is 0. The Hall–Kier alpha value is -6.08. The highest BCUT2D eigenvalue weighted by atomic mass is 19.1. The second-order valence-electron chi connectivity index (χ2n) is 11.2. The van der Waals surface area contributed by atoms with Crippen molar-refractivity contribution in [2.75, 3.05) is 20.8 Å². The average molecular weight is 710 g/mol. The van der Waals surface area contributed by atoms with Crippen molar-refractivity contribution in [1.82, 2.24) is 34.6 Å². The van der Waals surface area contributed by atoms with E-state index in [0.717, 1.165) is 16.2 Å². The zero-order chi connectivity index (χ0) is 36.2. The first-order valence-corrected chi connectivity index (χ1v) is 16.2. The molecule has 0 fully saturated rings. The number of nitrogens with zero attached hydrogens (tertiary/aromatic N) is 7. The molecule has 4 aromatic heterocycles. The lowest BCUT2D eigenvalue weighted by Crippen LogP contribution is -2.26. The fraction of sp³-hybridized carbons (Fsp3) is 0.231. The number of pyridine rings is 2. The van der Waals surface area contributed by atoms with E-state index in [2.05, 4.69) is 20.2 Å². The third kappa shape index (κ3) is 10.2. The molecule has 0 unspecified atom stereocenters. The first-order valence-electron chi connectivity index (χ1n) is 16.2. The van der Waals surface area contributed by atoms with E-state index in [-0.39, 0.29) is 25.0 Å². The van der Waals surface area contributed by atoms with Crippen LogP contribution >= 0.6 is 0 Å². The van der Waals surface area contributed by atoms with Gasteiger partial charge in [0.15, 0.2) is 11.6 Å². The molecule has 0 radical (unpaired) electrons. The number of carbonyl (C=O) groups excluding carboxylic acids is 2. The Balaban J connectivity index is 0.000000228. The first kappa shape index (κ1) is 38.7. The van der Waals surface area contributed by atoms with Gasteiger partial charge in [0.2, 0.25) is 0 Å². The Morgan fingerprint density at radius 1 is 0.692 bits per heavy atom. The summed E-state index contributed by atoms with van der Waals surface area (Å²) in [7, 11) is 2.98. The second kappa shape index (κ2) is 18.8. The summed E-state index contributed by atoms with van der Waals surface area (Å²) < 4.78 is 34.3. The number of aromatic nitrogens is 6. The van der Waals surface area contributed by atoms with Crippen LogP contribution in [0.25, 0.3) is 11.6 Å². The average Bonchev–Trinajstić information content (AvgIpc) is 3.80. The normalized spacial score (nSPS) is 10.5. The Labute approximate surface area is 301 Å². The van der Waals surface area contributed by atoms with E-state index in [4.69, 9.17) is 9.57 Å². The molecule has 4 heterocycles. The molecule has 0 aliphatic rings. The molecule has 0 saturated carbocycles. The minimum Gasteiger partial charge on any atom is -0.462 e. The summed E-state index contributed by atoms with van der Waals surface area (Å²) in [5, 5.41) is 10.2. The van der Waals surface area contributed by atoms with Crippen LogP contribution in [0.5, 0.6) is 0 Å². The van der Waals surface area contributed by atoms with Crippen LogP contribution in [-0.4, -0.2) is 67.2 Å². The van der Waals surface area contributed by atoms with E-state index in [9.17, 15) is 18.4 Å². The molecule has 0 aliphatic heterocycles. The zero-order valence-electron chi connectivity index (χ0n) is 28.4. The summed E-state index contributed by atoms with van der Waals surface area (Å²) in [4.78, 5) is 38.3. The van der Waals surface area contributed by atoms with Crippen molar-refractivity contribution in [3.05, 3.63) is 155 Å². The van der Waals surface area contributed by atoms with Crippen molar-refractivity contribution in [3.8, 4) is 11.6 Å². The van der Waals surface area contributed by atoms with Gasteiger partial charge in [-0.1, -0.05) is 43.8 Å². The molecule has 6 rings (SSSR count). The molecule has 270 valence electrons. The van der Waals surface area contributed by atoms with Gasteiger partial charge in [-0.25, -0.2) is 38.0 Å². The van der Waals surface area contributed by atoms with Crippen LogP contribution in [0.4, 0.5) is 8.78 Å². The molecule has 0 bridgehead atoms. The van der Waals surface area contributed by atoms with Crippen molar-refractivity contribution < 1.29 is 27.9 Å². The smallest absolute Gasteiger partial charge is 0.341 e. The summed E-state index contributed by atoms with van der Waals surface area (Å²) in [5.74, 6) is 0.0134. The summed E-state index contributed by atoms with van der Waals surface area (Å²) in [6, 6.07) is 23.6. The monoisotopic (exact) mass is 709 g/mol. The maximum Gasteiger partial charge on any atom is 0.341 e. The number of hydrogen-bond acceptors (Lipinski definition) is 8. The van der Waals surface area contributed by atoms with Gasteiger partial charge in [-0.15, -0.1) is 0 Å². The lowest BCUT2D eigenvalue weighted by atomic mass is 10.1. The van der Waals surface area contributed by atoms with Crippen molar-refractivity contribution >= 4 is 11.9 Å². The molecular formula is C39H41F2N7O4. The Morgan fingerprint density at radius 3 is 1.58 bits per heavy atom. The van der Waals surface area contributed by atoms with Crippen LogP contribution in [0.3, 0.4) is 0 Å². The Bertz CT molecular complexity index is 2020. The van der Waals surface area contributed by atoms with Gasteiger partial charge in [0.05, 0.1) is 30.7 Å². The molecular weight excluding hydrogens is 668 g/mol. The van der Waals surface area contributed by atoms with Crippen molar-refractivity contribution in [2.24, 2.45) is 0 Å². The van der Waals surface area contributed by atoms with Crippen LogP contribution < -0.4 is 0 Å². The fourth-order valence-electron chi connectivity index (χ4n) is 5.04. The van der Waals surface area contributed by atoms with Gasteiger partial charge in [0.1, 0.15) is 17.2 Å².